The van der Waals surface area contributed by atoms with Crippen LogP contribution < -0.4 is 5.73 Å². The normalized spacial score (nSPS) is 14.0. The molecule has 4 nitrogen and oxygen atoms in total. The quantitative estimate of drug-likeness (QED) is 0.429. The van der Waals surface area contributed by atoms with Crippen molar-refractivity contribution in [2.24, 2.45) is 5.73 Å². The molecule has 0 radical (unpaired) electrons. The van der Waals surface area contributed by atoms with E-state index in [9.17, 15) is 0 Å². The Labute approximate surface area is 156 Å². The average molecular weight is 382 g/mol. The van der Waals surface area contributed by atoms with E-state index in [1.165, 1.54) is 38.9 Å². The highest BCUT2D eigenvalue weighted by molar-refractivity contribution is 6.30. The van der Waals surface area contributed by atoms with Crippen molar-refractivity contribution in [3.63, 3.8) is 0 Å². The third kappa shape index (κ3) is 8.11. The van der Waals surface area contributed by atoms with E-state index in [0.717, 1.165) is 23.6 Å². The number of nitrogens with zero attached hydrogens (tertiary/aromatic N) is 2. The van der Waals surface area contributed by atoms with Crippen LogP contribution >= 0.6 is 36.4 Å². The topological polar surface area (TPSA) is 56.4 Å². The van der Waals surface area contributed by atoms with Crippen LogP contribution in [-0.2, 0) is 6.54 Å². The highest BCUT2D eigenvalue weighted by Crippen LogP contribution is 2.12. The van der Waals surface area contributed by atoms with Gasteiger partial charge >= 0.3 is 0 Å². The first-order chi connectivity index (χ1) is 10.1. The van der Waals surface area contributed by atoms with Gasteiger partial charge in [0.15, 0.2) is 5.96 Å². The fourth-order valence-electron chi connectivity index (χ4n) is 2.74. The first-order valence-corrected chi connectivity index (χ1v) is 8.09. The van der Waals surface area contributed by atoms with E-state index >= 15 is 0 Å². The molecule has 0 spiro atoms. The summed E-state index contributed by atoms with van der Waals surface area (Å²) in [7, 11) is 0. The van der Waals surface area contributed by atoms with Gasteiger partial charge in [0, 0.05) is 18.1 Å². The predicted octanol–water partition coefficient (Wildman–Crippen LogP) is 3.76. The molecular weight excluding hydrogens is 355 g/mol. The molecule has 1 fully saturated rings. The summed E-state index contributed by atoms with van der Waals surface area (Å²) in [5.41, 5.74) is 6.83. The molecule has 23 heavy (non-hydrogen) atoms. The lowest BCUT2D eigenvalue weighted by Crippen LogP contribution is -2.36. The average Bonchev–Trinajstić information content (AvgIpc) is 2.97. The van der Waals surface area contributed by atoms with Crippen LogP contribution in [0.4, 0.5) is 0 Å². The molecule has 3 N–H and O–H groups in total. The molecule has 2 rings (SSSR count). The van der Waals surface area contributed by atoms with E-state index in [-0.39, 0.29) is 30.8 Å². The summed E-state index contributed by atoms with van der Waals surface area (Å²) >= 11 is 5.89. The van der Waals surface area contributed by atoms with Crippen LogP contribution in [0, 0.1) is 5.41 Å². The number of hydrogen-bond acceptors (Lipinski definition) is 2. The van der Waals surface area contributed by atoms with Crippen LogP contribution in [0.5, 0.6) is 0 Å². The number of halogens is 3. The van der Waals surface area contributed by atoms with Gasteiger partial charge in [-0.15, -0.1) is 24.8 Å². The summed E-state index contributed by atoms with van der Waals surface area (Å²) in [4.78, 5) is 4.45. The Kier molecular flexibility index (Phi) is 11.4. The Morgan fingerprint density at radius 2 is 1.74 bits per heavy atom. The van der Waals surface area contributed by atoms with Crippen molar-refractivity contribution in [3.05, 3.63) is 34.9 Å². The molecule has 0 aromatic heterocycles. The van der Waals surface area contributed by atoms with Crippen molar-refractivity contribution in [1.82, 2.24) is 9.80 Å². The van der Waals surface area contributed by atoms with Gasteiger partial charge in [-0.3, -0.25) is 5.41 Å². The van der Waals surface area contributed by atoms with Crippen molar-refractivity contribution >= 4 is 42.4 Å². The Bertz CT molecular complexity index is 447. The standard InChI is InChI=1S/C16H25ClN4.2ClH/c17-15-7-5-14(6-8-15)13-21(16(18)19)12-4-3-11-20-9-1-2-10-20;;/h5-8H,1-4,9-13H2,(H3,18,19);2*1H. The molecule has 0 bridgehead atoms. The minimum absolute atomic E-state index is 0. The summed E-state index contributed by atoms with van der Waals surface area (Å²) in [6.45, 7) is 5.19. The van der Waals surface area contributed by atoms with Gasteiger partial charge in [-0.25, -0.2) is 0 Å². The van der Waals surface area contributed by atoms with Crippen LogP contribution in [0.2, 0.25) is 5.02 Å². The molecule has 132 valence electrons. The fraction of sp³-hybridized carbons (Fsp3) is 0.562. The second-order valence-electron chi connectivity index (χ2n) is 5.69. The summed E-state index contributed by atoms with van der Waals surface area (Å²) in [5, 5.41) is 8.45. The SMILES string of the molecule is Cl.Cl.N=C(N)N(CCCCN1CCCC1)Cc1ccc(Cl)cc1. The first-order valence-electron chi connectivity index (χ1n) is 7.71. The van der Waals surface area contributed by atoms with Crippen LogP contribution in [0.15, 0.2) is 24.3 Å². The van der Waals surface area contributed by atoms with Crippen LogP contribution in [-0.4, -0.2) is 41.9 Å². The zero-order valence-electron chi connectivity index (χ0n) is 13.3. The maximum atomic E-state index is 7.71. The van der Waals surface area contributed by atoms with E-state index in [0.29, 0.717) is 6.54 Å². The van der Waals surface area contributed by atoms with Crippen molar-refractivity contribution in [2.45, 2.75) is 32.2 Å². The Morgan fingerprint density at radius 3 is 2.30 bits per heavy atom. The summed E-state index contributed by atoms with van der Waals surface area (Å²) in [6.07, 6.45) is 4.93. The predicted molar refractivity (Wildman–Crippen MR) is 103 cm³/mol. The number of guanidine groups is 1. The van der Waals surface area contributed by atoms with Gasteiger partial charge in [0.2, 0.25) is 0 Å². The van der Waals surface area contributed by atoms with E-state index in [4.69, 9.17) is 22.7 Å². The maximum absolute atomic E-state index is 7.71. The number of likely N-dealkylation sites (tertiary alicyclic amines) is 1. The van der Waals surface area contributed by atoms with Crippen molar-refractivity contribution < 1.29 is 0 Å². The Balaban J connectivity index is 0.00000242. The van der Waals surface area contributed by atoms with Crippen LogP contribution in [0.25, 0.3) is 0 Å². The van der Waals surface area contributed by atoms with E-state index in [1.54, 1.807) is 0 Å². The lowest BCUT2D eigenvalue weighted by molar-refractivity contribution is 0.314. The zero-order valence-corrected chi connectivity index (χ0v) is 15.7. The molecule has 1 aromatic rings. The van der Waals surface area contributed by atoms with Gasteiger partial charge in [0.25, 0.3) is 0 Å². The van der Waals surface area contributed by atoms with E-state index in [1.807, 2.05) is 29.2 Å². The number of nitrogens with two attached hydrogens (primary N) is 1. The van der Waals surface area contributed by atoms with E-state index < -0.39 is 0 Å². The number of nitrogens with one attached hydrogen (secondary N) is 1. The Morgan fingerprint density at radius 1 is 1.13 bits per heavy atom. The summed E-state index contributed by atoms with van der Waals surface area (Å²) < 4.78 is 0. The monoisotopic (exact) mass is 380 g/mol. The number of rotatable bonds is 7. The molecule has 1 aromatic carbocycles. The third-order valence-electron chi connectivity index (χ3n) is 3.98. The van der Waals surface area contributed by atoms with Gasteiger partial charge in [-0.1, -0.05) is 23.7 Å². The molecule has 1 saturated heterocycles. The number of hydrogen-bond donors (Lipinski definition) is 2. The highest BCUT2D eigenvalue weighted by Gasteiger charge is 2.11. The molecule has 1 aliphatic rings. The molecule has 1 aliphatic heterocycles. The zero-order chi connectivity index (χ0) is 15.1. The Hall–Kier alpha value is -0.680. The first kappa shape index (κ1) is 22.3. The smallest absolute Gasteiger partial charge is 0.188 e. The minimum Gasteiger partial charge on any atom is -0.370 e. The molecule has 0 saturated carbocycles. The lowest BCUT2D eigenvalue weighted by Gasteiger charge is -2.23. The highest BCUT2D eigenvalue weighted by atomic mass is 35.5. The fourth-order valence-corrected chi connectivity index (χ4v) is 2.87. The van der Waals surface area contributed by atoms with E-state index in [2.05, 4.69) is 4.90 Å². The molecule has 7 heteroatoms. The largest absolute Gasteiger partial charge is 0.370 e. The van der Waals surface area contributed by atoms with Gasteiger partial charge in [-0.2, -0.15) is 0 Å². The molecule has 0 unspecified atom stereocenters. The minimum atomic E-state index is 0. The maximum Gasteiger partial charge on any atom is 0.188 e. The summed E-state index contributed by atoms with van der Waals surface area (Å²) in [5.74, 6) is 0.145. The third-order valence-corrected chi connectivity index (χ3v) is 4.23. The summed E-state index contributed by atoms with van der Waals surface area (Å²) in [6, 6.07) is 7.73. The number of benzene rings is 1. The second-order valence-corrected chi connectivity index (χ2v) is 6.13. The second kappa shape index (κ2) is 11.8. The van der Waals surface area contributed by atoms with Crippen molar-refractivity contribution in [3.8, 4) is 0 Å². The van der Waals surface area contributed by atoms with Crippen LogP contribution in [0.3, 0.4) is 0 Å². The van der Waals surface area contributed by atoms with Crippen molar-refractivity contribution in [2.75, 3.05) is 26.2 Å². The van der Waals surface area contributed by atoms with Crippen molar-refractivity contribution in [1.29, 1.82) is 5.41 Å². The lowest BCUT2D eigenvalue weighted by atomic mass is 10.2. The molecule has 0 aliphatic carbocycles. The van der Waals surface area contributed by atoms with Gasteiger partial charge in [-0.05, 0) is 63.0 Å². The number of unbranched alkanes of at least 4 members (excludes halogenated alkanes) is 1. The molecular formula is C16H27Cl3N4. The van der Waals surface area contributed by atoms with Gasteiger partial charge in [0.1, 0.15) is 0 Å². The van der Waals surface area contributed by atoms with Gasteiger partial charge in [0.05, 0.1) is 0 Å². The van der Waals surface area contributed by atoms with Gasteiger partial charge < -0.3 is 15.5 Å². The molecule has 0 amide bonds. The molecule has 0 atom stereocenters. The molecule has 1 heterocycles. The van der Waals surface area contributed by atoms with Crippen LogP contribution in [0.1, 0.15) is 31.2 Å².